The van der Waals surface area contributed by atoms with Crippen LogP contribution in [0.5, 0.6) is 0 Å². The molecule has 7 heteroatoms. The minimum atomic E-state index is -0.102. The predicted octanol–water partition coefficient (Wildman–Crippen LogP) is 1.55. The van der Waals surface area contributed by atoms with Crippen molar-refractivity contribution >= 4 is 17.2 Å². The van der Waals surface area contributed by atoms with Crippen LogP contribution in [0, 0.1) is 0 Å². The number of carbonyl (C=O) groups is 1. The zero-order chi connectivity index (χ0) is 16.1. The average molecular weight is 333 g/mol. The van der Waals surface area contributed by atoms with E-state index in [-0.39, 0.29) is 11.9 Å². The summed E-state index contributed by atoms with van der Waals surface area (Å²) in [7, 11) is 0. The third kappa shape index (κ3) is 4.17. The summed E-state index contributed by atoms with van der Waals surface area (Å²) in [4.78, 5) is 20.0. The first-order valence-electron chi connectivity index (χ1n) is 8.12. The molecule has 1 saturated heterocycles. The smallest absolute Gasteiger partial charge is 0.237 e. The second-order valence-corrected chi connectivity index (χ2v) is 6.98. The van der Waals surface area contributed by atoms with Gasteiger partial charge in [0.2, 0.25) is 5.91 Å². The molecule has 2 aromatic heterocycles. The number of hydrogen-bond acceptors (Lipinski definition) is 5. The number of nitrogens with one attached hydrogen (secondary N) is 1. The van der Waals surface area contributed by atoms with Gasteiger partial charge in [0.15, 0.2) is 0 Å². The van der Waals surface area contributed by atoms with Gasteiger partial charge in [0.25, 0.3) is 0 Å². The maximum absolute atomic E-state index is 12.4. The molecule has 23 heavy (non-hydrogen) atoms. The highest BCUT2D eigenvalue weighted by atomic mass is 32.1. The first-order chi connectivity index (χ1) is 11.2. The lowest BCUT2D eigenvalue weighted by molar-refractivity contribution is -0.126. The van der Waals surface area contributed by atoms with Crippen molar-refractivity contribution in [1.82, 2.24) is 25.0 Å². The van der Waals surface area contributed by atoms with Crippen LogP contribution in [-0.2, 0) is 17.8 Å². The van der Waals surface area contributed by atoms with E-state index in [0.717, 1.165) is 32.4 Å². The van der Waals surface area contributed by atoms with E-state index < -0.39 is 0 Å². The molecule has 0 aliphatic carbocycles. The molecule has 1 aliphatic rings. The van der Waals surface area contributed by atoms with Crippen molar-refractivity contribution < 1.29 is 4.79 Å². The molecular weight excluding hydrogens is 310 g/mol. The maximum atomic E-state index is 12.4. The van der Waals surface area contributed by atoms with Gasteiger partial charge < -0.3 is 5.32 Å². The Bertz CT molecular complexity index is 598. The number of nitrogens with zero attached hydrogens (tertiary/aromatic N) is 4. The van der Waals surface area contributed by atoms with Gasteiger partial charge in [-0.25, -0.2) is 4.98 Å². The first kappa shape index (κ1) is 16.1. The van der Waals surface area contributed by atoms with E-state index in [1.54, 1.807) is 24.0 Å². The molecular formula is C16H23N5OS. The van der Waals surface area contributed by atoms with Gasteiger partial charge in [-0.2, -0.15) is 5.10 Å². The molecule has 124 valence electrons. The molecule has 0 spiro atoms. The van der Waals surface area contributed by atoms with E-state index >= 15 is 0 Å². The molecule has 0 aromatic carbocycles. The maximum Gasteiger partial charge on any atom is 0.237 e. The van der Waals surface area contributed by atoms with Crippen LogP contribution in [0.15, 0.2) is 30.2 Å². The van der Waals surface area contributed by atoms with Crippen molar-refractivity contribution in [3.05, 3.63) is 35.0 Å². The fourth-order valence-corrected chi connectivity index (χ4v) is 3.88. The molecule has 1 aliphatic heterocycles. The number of hydrogen-bond donors (Lipinski definition) is 1. The normalized spacial score (nSPS) is 19.8. The highest BCUT2D eigenvalue weighted by molar-refractivity contribution is 7.09. The number of likely N-dealkylation sites (tertiary alicyclic amines) is 1. The minimum absolute atomic E-state index is 0.102. The Kier molecular flexibility index (Phi) is 5.40. The van der Waals surface area contributed by atoms with Gasteiger partial charge >= 0.3 is 0 Å². The Morgan fingerprint density at radius 1 is 1.57 bits per heavy atom. The topological polar surface area (TPSA) is 63.1 Å². The minimum Gasteiger partial charge on any atom is -0.354 e. The summed E-state index contributed by atoms with van der Waals surface area (Å²) < 4.78 is 1.85. The van der Waals surface area contributed by atoms with E-state index in [0.29, 0.717) is 12.6 Å². The van der Waals surface area contributed by atoms with E-state index in [2.05, 4.69) is 31.7 Å². The summed E-state index contributed by atoms with van der Waals surface area (Å²) in [5, 5.41) is 9.31. The summed E-state index contributed by atoms with van der Waals surface area (Å²) in [6.45, 7) is 4.47. The Morgan fingerprint density at radius 3 is 3.22 bits per heavy atom. The highest BCUT2D eigenvalue weighted by Crippen LogP contribution is 2.21. The fraction of sp³-hybridized carbons (Fsp3) is 0.562. The summed E-state index contributed by atoms with van der Waals surface area (Å²) in [6, 6.07) is 4.40. The van der Waals surface area contributed by atoms with Crippen LogP contribution >= 0.6 is 11.3 Å². The van der Waals surface area contributed by atoms with Crippen molar-refractivity contribution in [3.63, 3.8) is 0 Å². The SMILES string of the molecule is C[C@@H](C(=O)NCCc1cccs1)N1CCC[C@@H]1Cn1cncn1. The molecule has 1 fully saturated rings. The van der Waals surface area contributed by atoms with Gasteiger partial charge in [-0.1, -0.05) is 6.07 Å². The van der Waals surface area contributed by atoms with Crippen molar-refractivity contribution in [2.45, 2.75) is 44.8 Å². The molecule has 0 saturated carbocycles. The van der Waals surface area contributed by atoms with Crippen LogP contribution in [0.2, 0.25) is 0 Å². The van der Waals surface area contributed by atoms with Crippen molar-refractivity contribution in [2.75, 3.05) is 13.1 Å². The zero-order valence-corrected chi connectivity index (χ0v) is 14.2. The van der Waals surface area contributed by atoms with E-state index in [1.165, 1.54) is 4.88 Å². The van der Waals surface area contributed by atoms with Gasteiger partial charge in [-0.3, -0.25) is 14.4 Å². The Balaban J connectivity index is 1.49. The lowest BCUT2D eigenvalue weighted by atomic mass is 10.2. The van der Waals surface area contributed by atoms with Gasteiger partial charge in [0.05, 0.1) is 12.6 Å². The van der Waals surface area contributed by atoms with Gasteiger partial charge in [-0.15, -0.1) is 11.3 Å². The summed E-state index contributed by atoms with van der Waals surface area (Å²) in [6.07, 6.45) is 6.43. The average Bonchev–Trinajstić information content (AvgIpc) is 3.29. The number of aromatic nitrogens is 3. The number of thiophene rings is 1. The van der Waals surface area contributed by atoms with Crippen LogP contribution in [0.25, 0.3) is 0 Å². The fourth-order valence-electron chi connectivity index (χ4n) is 3.17. The standard InChI is InChI=1S/C16H23N5OS/c1-13(16(22)18-7-6-15-5-3-9-23-15)21-8-2-4-14(21)10-20-12-17-11-19-20/h3,5,9,11-14H,2,4,6-8,10H2,1H3,(H,18,22)/t13-,14+/m0/s1. The van der Waals surface area contributed by atoms with Gasteiger partial charge in [-0.05, 0) is 44.2 Å². The molecule has 0 unspecified atom stereocenters. The monoisotopic (exact) mass is 333 g/mol. The van der Waals surface area contributed by atoms with Crippen LogP contribution < -0.4 is 5.32 Å². The van der Waals surface area contributed by atoms with Crippen molar-refractivity contribution in [3.8, 4) is 0 Å². The Morgan fingerprint density at radius 2 is 2.48 bits per heavy atom. The molecule has 6 nitrogen and oxygen atoms in total. The predicted molar refractivity (Wildman–Crippen MR) is 90.2 cm³/mol. The van der Waals surface area contributed by atoms with E-state index in [1.807, 2.05) is 17.7 Å². The van der Waals surface area contributed by atoms with Crippen molar-refractivity contribution in [2.24, 2.45) is 0 Å². The highest BCUT2D eigenvalue weighted by Gasteiger charge is 2.32. The first-order valence-corrected chi connectivity index (χ1v) is 9.00. The summed E-state index contributed by atoms with van der Waals surface area (Å²) in [5.41, 5.74) is 0. The molecule has 0 radical (unpaired) electrons. The second-order valence-electron chi connectivity index (χ2n) is 5.95. The number of amides is 1. The zero-order valence-electron chi connectivity index (χ0n) is 13.4. The third-order valence-corrected chi connectivity index (χ3v) is 5.35. The largest absolute Gasteiger partial charge is 0.354 e. The van der Waals surface area contributed by atoms with Gasteiger partial charge in [0, 0.05) is 17.5 Å². The molecule has 1 amide bonds. The molecule has 2 atom stereocenters. The Labute approximate surface area is 140 Å². The number of rotatable bonds is 7. The molecule has 3 heterocycles. The van der Waals surface area contributed by atoms with Crippen LogP contribution in [0.1, 0.15) is 24.6 Å². The summed E-state index contributed by atoms with van der Waals surface area (Å²) in [5.74, 6) is 0.118. The quantitative estimate of drug-likeness (QED) is 0.835. The van der Waals surface area contributed by atoms with Crippen LogP contribution in [0.4, 0.5) is 0 Å². The summed E-state index contributed by atoms with van der Waals surface area (Å²) >= 11 is 1.73. The molecule has 0 bridgehead atoms. The van der Waals surface area contributed by atoms with E-state index in [9.17, 15) is 4.79 Å². The lowest BCUT2D eigenvalue weighted by Crippen LogP contribution is -2.48. The molecule has 1 N–H and O–H groups in total. The van der Waals surface area contributed by atoms with Crippen LogP contribution in [-0.4, -0.2) is 50.7 Å². The molecule has 2 aromatic rings. The number of carbonyl (C=O) groups excluding carboxylic acids is 1. The van der Waals surface area contributed by atoms with E-state index in [4.69, 9.17) is 0 Å². The lowest BCUT2D eigenvalue weighted by Gasteiger charge is -2.29. The van der Waals surface area contributed by atoms with Crippen LogP contribution in [0.3, 0.4) is 0 Å². The van der Waals surface area contributed by atoms with Gasteiger partial charge in [0.1, 0.15) is 12.7 Å². The Hall–Kier alpha value is -1.73. The molecule has 3 rings (SSSR count). The third-order valence-electron chi connectivity index (χ3n) is 4.41. The second kappa shape index (κ2) is 7.70. The van der Waals surface area contributed by atoms with Crippen molar-refractivity contribution in [1.29, 1.82) is 0 Å².